The van der Waals surface area contributed by atoms with Crippen molar-refractivity contribution in [3.8, 4) is 0 Å². The number of furan rings is 1. The van der Waals surface area contributed by atoms with Gasteiger partial charge in [0, 0.05) is 29.2 Å². The Morgan fingerprint density at radius 3 is 2.81 bits per heavy atom. The summed E-state index contributed by atoms with van der Waals surface area (Å²) in [5.41, 5.74) is 1.76. The number of rotatable bonds is 6. The number of aromatic nitrogens is 1. The van der Waals surface area contributed by atoms with E-state index in [1.165, 1.54) is 12.3 Å². The molecule has 0 radical (unpaired) electrons. The van der Waals surface area contributed by atoms with E-state index in [9.17, 15) is 14.7 Å². The summed E-state index contributed by atoms with van der Waals surface area (Å²) < 4.78 is 5.23. The van der Waals surface area contributed by atoms with Crippen molar-refractivity contribution in [3.05, 3.63) is 71.5 Å². The average Bonchev–Trinajstić information content (AvgIpc) is 3.40. The van der Waals surface area contributed by atoms with Crippen LogP contribution in [0.15, 0.2) is 64.6 Å². The fourth-order valence-corrected chi connectivity index (χ4v) is 3.63. The number of nitrogens with zero attached hydrogens (tertiary/aromatic N) is 1. The highest BCUT2D eigenvalue weighted by Crippen LogP contribution is 2.41. The van der Waals surface area contributed by atoms with Crippen LogP contribution in [0.3, 0.4) is 0 Å². The number of nitrogens with one attached hydrogen (secondary N) is 1. The SMILES string of the molecule is CCCCN1C(=O)C(O)=C(C(=O)c2ccco2)C1c1c[nH]c2ccccc12. The van der Waals surface area contributed by atoms with E-state index in [0.717, 1.165) is 29.3 Å². The zero-order valence-corrected chi connectivity index (χ0v) is 14.9. The molecule has 1 aliphatic rings. The molecule has 1 aromatic carbocycles. The molecule has 1 unspecified atom stereocenters. The van der Waals surface area contributed by atoms with Gasteiger partial charge in [-0.15, -0.1) is 0 Å². The Balaban J connectivity index is 1.86. The average molecular weight is 364 g/mol. The molecule has 3 heterocycles. The first-order valence-electron chi connectivity index (χ1n) is 9.01. The topological polar surface area (TPSA) is 86.5 Å². The zero-order chi connectivity index (χ0) is 19.0. The molecule has 6 heteroatoms. The van der Waals surface area contributed by atoms with Crippen LogP contribution in [-0.2, 0) is 4.79 Å². The van der Waals surface area contributed by atoms with Crippen LogP contribution in [-0.4, -0.2) is 33.2 Å². The van der Waals surface area contributed by atoms with Crippen LogP contribution in [0, 0.1) is 0 Å². The molecule has 0 saturated heterocycles. The van der Waals surface area contributed by atoms with Crippen LogP contribution in [0.4, 0.5) is 0 Å². The maximum Gasteiger partial charge on any atom is 0.290 e. The molecule has 0 saturated carbocycles. The summed E-state index contributed by atoms with van der Waals surface area (Å²) in [6, 6.07) is 10.2. The number of Topliss-reactive ketones (excluding diaryl/α,β-unsaturated/α-hetero) is 1. The highest BCUT2D eigenvalue weighted by Gasteiger charge is 2.44. The third kappa shape index (κ3) is 2.73. The molecule has 2 N–H and O–H groups in total. The number of unbranched alkanes of at least 4 members (excludes halogenated alkanes) is 1. The maximum absolute atomic E-state index is 13.0. The van der Waals surface area contributed by atoms with E-state index in [2.05, 4.69) is 4.98 Å². The number of para-hydroxylation sites is 1. The fourth-order valence-electron chi connectivity index (χ4n) is 3.63. The lowest BCUT2D eigenvalue weighted by molar-refractivity contribution is -0.129. The van der Waals surface area contributed by atoms with E-state index in [1.54, 1.807) is 17.2 Å². The molecule has 6 nitrogen and oxygen atoms in total. The number of carbonyl (C=O) groups is 2. The van der Waals surface area contributed by atoms with E-state index in [4.69, 9.17) is 4.42 Å². The van der Waals surface area contributed by atoms with Gasteiger partial charge in [0.1, 0.15) is 0 Å². The van der Waals surface area contributed by atoms with Crippen molar-refractivity contribution >= 4 is 22.6 Å². The van der Waals surface area contributed by atoms with Crippen LogP contribution in [0.2, 0.25) is 0 Å². The Hall–Kier alpha value is -3.28. The minimum absolute atomic E-state index is 0.0656. The van der Waals surface area contributed by atoms with Crippen LogP contribution < -0.4 is 0 Å². The first-order chi connectivity index (χ1) is 13.1. The molecule has 0 fully saturated rings. The molecule has 1 amide bonds. The van der Waals surface area contributed by atoms with Gasteiger partial charge in [-0.3, -0.25) is 9.59 Å². The van der Waals surface area contributed by atoms with Crippen LogP contribution >= 0.6 is 0 Å². The summed E-state index contributed by atoms with van der Waals surface area (Å²) in [5, 5.41) is 11.5. The summed E-state index contributed by atoms with van der Waals surface area (Å²) in [4.78, 5) is 30.5. The third-order valence-corrected chi connectivity index (χ3v) is 4.96. The molecule has 0 aliphatic carbocycles. The second kappa shape index (κ2) is 6.79. The van der Waals surface area contributed by atoms with Gasteiger partial charge in [-0.05, 0) is 24.6 Å². The molecule has 4 rings (SSSR count). The maximum atomic E-state index is 13.0. The lowest BCUT2D eigenvalue weighted by Crippen LogP contribution is -2.32. The summed E-state index contributed by atoms with van der Waals surface area (Å²) in [7, 11) is 0. The van der Waals surface area contributed by atoms with Crippen molar-refractivity contribution in [2.75, 3.05) is 6.54 Å². The van der Waals surface area contributed by atoms with E-state index >= 15 is 0 Å². The summed E-state index contributed by atoms with van der Waals surface area (Å²) in [5.74, 6) is -1.39. The second-order valence-electron chi connectivity index (χ2n) is 6.61. The number of ketones is 1. The molecule has 1 aliphatic heterocycles. The number of aliphatic hydroxyl groups excluding tert-OH is 1. The lowest BCUT2D eigenvalue weighted by atomic mass is 9.94. The Bertz CT molecular complexity index is 1030. The minimum atomic E-state index is -0.655. The van der Waals surface area contributed by atoms with E-state index in [-0.39, 0.29) is 11.3 Å². The highest BCUT2D eigenvalue weighted by atomic mass is 16.3. The van der Waals surface area contributed by atoms with Crippen molar-refractivity contribution in [2.24, 2.45) is 0 Å². The number of hydrogen-bond acceptors (Lipinski definition) is 4. The number of aliphatic hydroxyl groups is 1. The number of benzene rings is 1. The zero-order valence-electron chi connectivity index (χ0n) is 14.9. The van der Waals surface area contributed by atoms with Gasteiger partial charge in [-0.25, -0.2) is 0 Å². The number of aromatic amines is 1. The Morgan fingerprint density at radius 1 is 1.26 bits per heavy atom. The van der Waals surface area contributed by atoms with Crippen molar-refractivity contribution in [2.45, 2.75) is 25.8 Å². The summed E-state index contributed by atoms with van der Waals surface area (Å²) in [6.45, 7) is 2.49. The number of H-pyrrole nitrogens is 1. The predicted octanol–water partition coefficient (Wildman–Crippen LogP) is 4.14. The van der Waals surface area contributed by atoms with Gasteiger partial charge >= 0.3 is 0 Å². The highest BCUT2D eigenvalue weighted by molar-refractivity contribution is 6.15. The second-order valence-corrected chi connectivity index (χ2v) is 6.61. The van der Waals surface area contributed by atoms with Gasteiger partial charge in [0.25, 0.3) is 5.91 Å². The first-order valence-corrected chi connectivity index (χ1v) is 9.01. The normalized spacial score (nSPS) is 17.3. The van der Waals surface area contributed by atoms with E-state index in [1.807, 2.05) is 31.2 Å². The lowest BCUT2D eigenvalue weighted by Gasteiger charge is -2.26. The predicted molar refractivity (Wildman–Crippen MR) is 100 cm³/mol. The van der Waals surface area contributed by atoms with Crippen LogP contribution in [0.5, 0.6) is 0 Å². The number of hydrogen-bond donors (Lipinski definition) is 2. The van der Waals surface area contributed by atoms with E-state index in [0.29, 0.717) is 6.54 Å². The molecule has 0 bridgehead atoms. The molecular formula is C21H20N2O4. The number of amides is 1. The minimum Gasteiger partial charge on any atom is -0.503 e. The van der Waals surface area contributed by atoms with Gasteiger partial charge in [-0.1, -0.05) is 31.5 Å². The van der Waals surface area contributed by atoms with Crippen molar-refractivity contribution in [1.29, 1.82) is 0 Å². The van der Waals surface area contributed by atoms with Gasteiger partial charge < -0.3 is 19.4 Å². The van der Waals surface area contributed by atoms with Crippen LogP contribution in [0.1, 0.15) is 41.9 Å². The molecular weight excluding hydrogens is 344 g/mol. The van der Waals surface area contributed by atoms with Gasteiger partial charge in [-0.2, -0.15) is 0 Å². The first kappa shape index (κ1) is 17.1. The standard InChI is InChI=1S/C21H20N2O4/c1-2-3-10-23-18(14-12-22-15-8-5-4-7-13(14)15)17(20(25)21(23)26)19(24)16-9-6-11-27-16/h4-9,11-12,18,22,25H,2-3,10H2,1H3. The van der Waals surface area contributed by atoms with Crippen molar-refractivity contribution in [3.63, 3.8) is 0 Å². The molecule has 3 aromatic rings. The van der Waals surface area contributed by atoms with E-state index < -0.39 is 23.5 Å². The van der Waals surface area contributed by atoms with Gasteiger partial charge in [0.2, 0.25) is 5.78 Å². The van der Waals surface area contributed by atoms with Crippen molar-refractivity contribution in [1.82, 2.24) is 9.88 Å². The molecule has 1 atom stereocenters. The van der Waals surface area contributed by atoms with Crippen LogP contribution in [0.25, 0.3) is 10.9 Å². The Labute approximate surface area is 156 Å². The quantitative estimate of drug-likeness (QED) is 0.644. The number of fused-ring (bicyclic) bond motifs is 1. The Morgan fingerprint density at radius 2 is 2.07 bits per heavy atom. The van der Waals surface area contributed by atoms with Gasteiger partial charge in [0.05, 0.1) is 17.9 Å². The van der Waals surface area contributed by atoms with Crippen molar-refractivity contribution < 1.29 is 19.1 Å². The summed E-state index contributed by atoms with van der Waals surface area (Å²) >= 11 is 0. The smallest absolute Gasteiger partial charge is 0.290 e. The molecule has 0 spiro atoms. The molecule has 2 aromatic heterocycles. The van der Waals surface area contributed by atoms with Gasteiger partial charge in [0.15, 0.2) is 11.5 Å². The largest absolute Gasteiger partial charge is 0.503 e. The molecule has 138 valence electrons. The molecule has 27 heavy (non-hydrogen) atoms. The number of carbonyl (C=O) groups excluding carboxylic acids is 2. The Kier molecular flexibility index (Phi) is 4.32. The fraction of sp³-hybridized carbons (Fsp3) is 0.238. The monoisotopic (exact) mass is 364 g/mol. The summed E-state index contributed by atoms with van der Waals surface area (Å²) in [6.07, 6.45) is 4.87. The third-order valence-electron chi connectivity index (χ3n) is 4.96.